The molecule has 0 saturated heterocycles. The number of benzene rings is 1. The van der Waals surface area contributed by atoms with Crippen molar-refractivity contribution in [3.05, 3.63) is 48.8 Å². The first-order valence-electron chi connectivity index (χ1n) is 4.36. The Balaban J connectivity index is 2.42. The molecule has 1 radical (unpaired) electrons. The number of pyridine rings is 1. The van der Waals surface area contributed by atoms with Gasteiger partial charge in [0.05, 0.1) is 0 Å². The molecule has 2 heteroatoms. The van der Waals surface area contributed by atoms with Gasteiger partial charge >= 0.3 is 0 Å². The highest BCUT2D eigenvalue weighted by atomic mass is 32.2. The highest BCUT2D eigenvalue weighted by molar-refractivity contribution is 7.98. The third kappa shape index (κ3) is 1.96. The fraction of sp³-hybridized carbons (Fsp3) is 0.0833. The van der Waals surface area contributed by atoms with Gasteiger partial charge in [0.2, 0.25) is 0 Å². The van der Waals surface area contributed by atoms with Crippen molar-refractivity contribution in [2.75, 3.05) is 6.26 Å². The Morgan fingerprint density at radius 3 is 2.71 bits per heavy atom. The van der Waals surface area contributed by atoms with Crippen LogP contribution in [0.2, 0.25) is 0 Å². The first-order chi connectivity index (χ1) is 6.90. The molecule has 0 bridgehead atoms. The van der Waals surface area contributed by atoms with Crippen molar-refractivity contribution in [3.63, 3.8) is 0 Å². The van der Waals surface area contributed by atoms with Crippen molar-refractivity contribution in [2.24, 2.45) is 0 Å². The molecule has 0 N–H and O–H groups in total. The molecule has 0 fully saturated rings. The number of hydrogen-bond donors (Lipinski definition) is 0. The third-order valence-electron chi connectivity index (χ3n) is 2.00. The molecule has 0 atom stereocenters. The van der Waals surface area contributed by atoms with Crippen LogP contribution in [0.1, 0.15) is 0 Å². The highest BCUT2D eigenvalue weighted by Crippen LogP contribution is 2.23. The van der Waals surface area contributed by atoms with Crippen molar-refractivity contribution in [3.8, 4) is 11.1 Å². The Morgan fingerprint density at radius 2 is 2.00 bits per heavy atom. The first kappa shape index (κ1) is 9.28. The Labute approximate surface area is 88.2 Å². The standard InChI is InChI=1S/C12H10NS/c1-14-12-4-2-3-11(9-12)10-5-7-13-8-6-10/h2,4-9H,1H3. The van der Waals surface area contributed by atoms with Gasteiger partial charge in [-0.25, -0.2) is 0 Å². The summed E-state index contributed by atoms with van der Waals surface area (Å²) in [5.41, 5.74) is 2.29. The molecule has 0 unspecified atom stereocenters. The topological polar surface area (TPSA) is 12.9 Å². The van der Waals surface area contributed by atoms with Crippen LogP contribution in [0.15, 0.2) is 47.6 Å². The highest BCUT2D eigenvalue weighted by Gasteiger charge is 1.97. The molecule has 1 nitrogen and oxygen atoms in total. The Kier molecular flexibility index (Phi) is 2.84. The molecule has 1 aromatic heterocycles. The molecule has 0 saturated carbocycles. The van der Waals surface area contributed by atoms with Crippen LogP contribution in [0.25, 0.3) is 11.1 Å². The van der Waals surface area contributed by atoms with Crippen LogP contribution in [0.4, 0.5) is 0 Å². The monoisotopic (exact) mass is 200 g/mol. The van der Waals surface area contributed by atoms with E-state index in [4.69, 9.17) is 0 Å². The maximum absolute atomic E-state index is 3.99. The van der Waals surface area contributed by atoms with Gasteiger partial charge in [-0.15, -0.1) is 11.8 Å². The lowest BCUT2D eigenvalue weighted by Gasteiger charge is -2.02. The average molecular weight is 200 g/mol. The average Bonchev–Trinajstić information content (AvgIpc) is 2.30. The number of hydrogen-bond acceptors (Lipinski definition) is 2. The molecule has 1 aromatic carbocycles. The van der Waals surface area contributed by atoms with E-state index in [0.717, 1.165) is 11.1 Å². The van der Waals surface area contributed by atoms with Crippen molar-refractivity contribution in [2.45, 2.75) is 4.90 Å². The molecule has 0 aliphatic rings. The lowest BCUT2D eigenvalue weighted by atomic mass is 10.1. The number of rotatable bonds is 2. The summed E-state index contributed by atoms with van der Waals surface area (Å²) in [5, 5.41) is 0. The Morgan fingerprint density at radius 1 is 1.21 bits per heavy atom. The normalized spacial score (nSPS) is 10.1. The van der Waals surface area contributed by atoms with Crippen molar-refractivity contribution >= 4 is 11.8 Å². The lowest BCUT2D eigenvalue weighted by Crippen LogP contribution is -1.79. The lowest BCUT2D eigenvalue weighted by molar-refractivity contribution is 1.32. The molecule has 0 aliphatic heterocycles. The molecule has 0 amide bonds. The van der Waals surface area contributed by atoms with Gasteiger partial charge in [-0.05, 0) is 47.7 Å². The zero-order valence-corrected chi connectivity index (χ0v) is 8.71. The van der Waals surface area contributed by atoms with Gasteiger partial charge in [0.25, 0.3) is 0 Å². The Bertz CT molecular complexity index is 412. The zero-order valence-electron chi connectivity index (χ0n) is 7.90. The van der Waals surface area contributed by atoms with E-state index in [9.17, 15) is 0 Å². The van der Waals surface area contributed by atoms with E-state index in [1.165, 1.54) is 4.90 Å². The van der Waals surface area contributed by atoms with E-state index in [2.05, 4.69) is 29.4 Å². The maximum Gasteiger partial charge on any atom is 0.0273 e. The summed E-state index contributed by atoms with van der Waals surface area (Å²) >= 11 is 1.74. The van der Waals surface area contributed by atoms with E-state index in [1.807, 2.05) is 18.2 Å². The van der Waals surface area contributed by atoms with Crippen LogP contribution in [-0.2, 0) is 0 Å². The first-order valence-corrected chi connectivity index (χ1v) is 5.59. The van der Waals surface area contributed by atoms with Gasteiger partial charge in [-0.2, -0.15) is 0 Å². The van der Waals surface area contributed by atoms with Gasteiger partial charge in [-0.1, -0.05) is 6.07 Å². The van der Waals surface area contributed by atoms with Crippen LogP contribution in [0.3, 0.4) is 0 Å². The van der Waals surface area contributed by atoms with Gasteiger partial charge in [0, 0.05) is 17.3 Å². The van der Waals surface area contributed by atoms with Gasteiger partial charge in [0.15, 0.2) is 0 Å². The van der Waals surface area contributed by atoms with Gasteiger partial charge in [-0.3, -0.25) is 4.98 Å². The van der Waals surface area contributed by atoms with Crippen molar-refractivity contribution in [1.29, 1.82) is 0 Å². The van der Waals surface area contributed by atoms with Crippen LogP contribution >= 0.6 is 11.8 Å². The summed E-state index contributed by atoms with van der Waals surface area (Å²) < 4.78 is 0. The van der Waals surface area contributed by atoms with E-state index < -0.39 is 0 Å². The second-order valence-corrected chi connectivity index (χ2v) is 3.76. The van der Waals surface area contributed by atoms with Gasteiger partial charge in [0.1, 0.15) is 0 Å². The summed E-state index contributed by atoms with van der Waals surface area (Å²) in [4.78, 5) is 5.25. The number of nitrogens with zero attached hydrogens (tertiary/aromatic N) is 1. The quantitative estimate of drug-likeness (QED) is 0.690. The second-order valence-electron chi connectivity index (χ2n) is 2.88. The van der Waals surface area contributed by atoms with Crippen LogP contribution in [0, 0.1) is 6.07 Å². The summed E-state index contributed by atoms with van der Waals surface area (Å²) in [6.07, 6.45) is 5.68. The van der Waals surface area contributed by atoms with Gasteiger partial charge < -0.3 is 0 Å². The summed E-state index contributed by atoms with van der Waals surface area (Å²) in [7, 11) is 0. The van der Waals surface area contributed by atoms with Crippen molar-refractivity contribution in [1.82, 2.24) is 4.98 Å². The number of aromatic nitrogens is 1. The van der Waals surface area contributed by atoms with E-state index in [0.29, 0.717) is 0 Å². The summed E-state index contributed by atoms with van der Waals surface area (Å²) in [5.74, 6) is 0. The molecular weight excluding hydrogens is 190 g/mol. The second kappa shape index (κ2) is 4.29. The minimum atomic E-state index is 1.12. The molecule has 0 aliphatic carbocycles. The van der Waals surface area contributed by atoms with Crippen molar-refractivity contribution < 1.29 is 0 Å². The Hall–Kier alpha value is -1.28. The predicted octanol–water partition coefficient (Wildman–Crippen LogP) is 3.27. The fourth-order valence-electron chi connectivity index (χ4n) is 1.27. The van der Waals surface area contributed by atoms with Crippen LogP contribution < -0.4 is 0 Å². The van der Waals surface area contributed by atoms with Crippen LogP contribution in [0.5, 0.6) is 0 Å². The SMILES string of the molecule is CSc1cc[c]c(-c2ccncc2)c1. The summed E-state index contributed by atoms with van der Waals surface area (Å²) in [6, 6.07) is 13.4. The molecular formula is C12H10NS. The minimum absolute atomic E-state index is 1.12. The predicted molar refractivity (Wildman–Crippen MR) is 60.3 cm³/mol. The maximum atomic E-state index is 3.99. The third-order valence-corrected chi connectivity index (χ3v) is 2.73. The molecule has 2 aromatic rings. The largest absolute Gasteiger partial charge is 0.265 e. The van der Waals surface area contributed by atoms with E-state index >= 15 is 0 Å². The molecule has 1 heterocycles. The fourth-order valence-corrected chi connectivity index (χ4v) is 1.71. The van der Waals surface area contributed by atoms with E-state index in [1.54, 1.807) is 24.2 Å². The molecule has 69 valence electrons. The van der Waals surface area contributed by atoms with Crippen LogP contribution in [-0.4, -0.2) is 11.2 Å². The molecule has 14 heavy (non-hydrogen) atoms. The molecule has 0 spiro atoms. The molecule has 2 rings (SSSR count). The number of thioether (sulfide) groups is 1. The smallest absolute Gasteiger partial charge is 0.0273 e. The summed E-state index contributed by atoms with van der Waals surface area (Å²) in [6.45, 7) is 0. The zero-order chi connectivity index (χ0) is 9.80. The van der Waals surface area contributed by atoms with E-state index in [-0.39, 0.29) is 0 Å². The minimum Gasteiger partial charge on any atom is -0.265 e.